The summed E-state index contributed by atoms with van der Waals surface area (Å²) in [5, 5.41) is 7.19. The minimum absolute atomic E-state index is 0.0570. The lowest BCUT2D eigenvalue weighted by Gasteiger charge is -2.09. The molecule has 4 N–H and O–H groups in total. The van der Waals surface area contributed by atoms with Gasteiger partial charge < -0.3 is 11.1 Å². The molecule has 0 aliphatic carbocycles. The molecule has 102 valence electrons. The summed E-state index contributed by atoms with van der Waals surface area (Å²) >= 11 is 0. The van der Waals surface area contributed by atoms with Gasteiger partial charge in [-0.25, -0.2) is 13.1 Å². The minimum atomic E-state index is -3.54. The van der Waals surface area contributed by atoms with E-state index >= 15 is 0 Å². The zero-order chi connectivity index (χ0) is 14.0. The van der Waals surface area contributed by atoms with Crippen LogP contribution in [-0.4, -0.2) is 25.2 Å². The van der Waals surface area contributed by atoms with Gasteiger partial charge in [0.1, 0.15) is 4.90 Å². The molecule has 0 spiro atoms. The van der Waals surface area contributed by atoms with Crippen molar-refractivity contribution in [1.82, 2.24) is 14.5 Å². The van der Waals surface area contributed by atoms with Crippen LogP contribution < -0.4 is 15.8 Å². The number of aryl methyl sites for hydroxylation is 1. The first kappa shape index (κ1) is 13.4. The molecule has 7 nitrogen and oxygen atoms in total. The van der Waals surface area contributed by atoms with E-state index in [2.05, 4.69) is 15.1 Å². The van der Waals surface area contributed by atoms with E-state index in [-0.39, 0.29) is 10.6 Å². The molecule has 1 heterocycles. The van der Waals surface area contributed by atoms with Crippen LogP contribution in [0.5, 0.6) is 0 Å². The molecular weight excluding hydrogens is 266 g/mol. The van der Waals surface area contributed by atoms with Crippen molar-refractivity contribution in [2.45, 2.75) is 4.90 Å². The van der Waals surface area contributed by atoms with Gasteiger partial charge in [-0.1, -0.05) is 0 Å². The van der Waals surface area contributed by atoms with Gasteiger partial charge in [0, 0.05) is 25.0 Å². The van der Waals surface area contributed by atoms with Gasteiger partial charge >= 0.3 is 0 Å². The average Bonchev–Trinajstić information content (AvgIpc) is 2.74. The molecule has 0 amide bonds. The highest BCUT2D eigenvalue weighted by molar-refractivity contribution is 7.89. The number of anilines is 3. The van der Waals surface area contributed by atoms with Crippen LogP contribution in [0, 0.1) is 0 Å². The van der Waals surface area contributed by atoms with Gasteiger partial charge in [0.25, 0.3) is 0 Å². The standard InChI is InChI=1S/C11H15N5O2S/c1-13-19(17,18)10-4-3-8(7-9(10)12)14-11-5-6-16(2)15-11/h3-7,13H,12H2,1-2H3,(H,14,15). The van der Waals surface area contributed by atoms with E-state index in [1.54, 1.807) is 29.1 Å². The molecule has 8 heteroatoms. The Balaban J connectivity index is 2.29. The van der Waals surface area contributed by atoms with Crippen molar-refractivity contribution in [2.75, 3.05) is 18.1 Å². The van der Waals surface area contributed by atoms with Crippen molar-refractivity contribution in [3.05, 3.63) is 30.5 Å². The maximum atomic E-state index is 11.7. The zero-order valence-electron chi connectivity index (χ0n) is 10.6. The largest absolute Gasteiger partial charge is 0.398 e. The highest BCUT2D eigenvalue weighted by Gasteiger charge is 2.15. The van der Waals surface area contributed by atoms with E-state index in [0.29, 0.717) is 11.5 Å². The molecule has 1 aromatic carbocycles. The molecule has 2 aromatic rings. The van der Waals surface area contributed by atoms with E-state index in [0.717, 1.165) is 0 Å². The highest BCUT2D eigenvalue weighted by atomic mass is 32.2. The summed E-state index contributed by atoms with van der Waals surface area (Å²) in [7, 11) is -0.387. The Labute approximate surface area is 111 Å². The van der Waals surface area contributed by atoms with Crippen LogP contribution in [0.15, 0.2) is 35.4 Å². The molecule has 0 radical (unpaired) electrons. The number of nitrogens with zero attached hydrogens (tertiary/aromatic N) is 2. The van der Waals surface area contributed by atoms with Gasteiger partial charge in [0.05, 0.1) is 5.69 Å². The lowest BCUT2D eigenvalue weighted by molar-refractivity contribution is 0.588. The third kappa shape index (κ3) is 2.85. The molecule has 0 unspecified atom stereocenters. The molecule has 0 fully saturated rings. The lowest BCUT2D eigenvalue weighted by Crippen LogP contribution is -2.19. The summed E-state index contributed by atoms with van der Waals surface area (Å²) in [6.07, 6.45) is 1.80. The van der Waals surface area contributed by atoms with Crippen molar-refractivity contribution >= 4 is 27.2 Å². The SMILES string of the molecule is CNS(=O)(=O)c1ccc(Nc2ccn(C)n2)cc1N. The van der Waals surface area contributed by atoms with Crippen molar-refractivity contribution in [3.63, 3.8) is 0 Å². The van der Waals surface area contributed by atoms with Gasteiger partial charge in [-0.3, -0.25) is 4.68 Å². The molecule has 0 bridgehead atoms. The number of aromatic nitrogens is 2. The third-order valence-corrected chi connectivity index (χ3v) is 4.04. The Morgan fingerprint density at radius 3 is 2.58 bits per heavy atom. The lowest BCUT2D eigenvalue weighted by atomic mass is 10.3. The third-order valence-electron chi connectivity index (χ3n) is 2.55. The summed E-state index contributed by atoms with van der Waals surface area (Å²) in [5.41, 5.74) is 6.61. The number of hydrogen-bond donors (Lipinski definition) is 3. The number of rotatable bonds is 4. The Hall–Kier alpha value is -2.06. The molecule has 19 heavy (non-hydrogen) atoms. The predicted octanol–water partition coefficient (Wildman–Crippen LogP) is 0.654. The van der Waals surface area contributed by atoms with E-state index < -0.39 is 10.0 Å². The van der Waals surface area contributed by atoms with E-state index in [1.165, 1.54) is 13.1 Å². The van der Waals surface area contributed by atoms with Gasteiger partial charge in [0.2, 0.25) is 10.0 Å². The molecule has 0 saturated carbocycles. The second-order valence-corrected chi connectivity index (χ2v) is 5.81. The molecule has 0 atom stereocenters. The number of hydrogen-bond acceptors (Lipinski definition) is 5. The predicted molar refractivity (Wildman–Crippen MR) is 73.6 cm³/mol. The maximum absolute atomic E-state index is 11.7. The monoisotopic (exact) mass is 281 g/mol. The summed E-state index contributed by atoms with van der Waals surface area (Å²) in [6.45, 7) is 0. The Morgan fingerprint density at radius 2 is 2.05 bits per heavy atom. The molecular formula is C11H15N5O2S. The van der Waals surface area contributed by atoms with Crippen molar-refractivity contribution in [3.8, 4) is 0 Å². The topological polar surface area (TPSA) is 102 Å². The number of sulfonamides is 1. The fourth-order valence-electron chi connectivity index (χ4n) is 1.61. The van der Waals surface area contributed by atoms with Gasteiger partial charge in [-0.15, -0.1) is 0 Å². The number of nitrogen functional groups attached to an aromatic ring is 1. The number of benzene rings is 1. The van der Waals surface area contributed by atoms with Crippen LogP contribution in [0.3, 0.4) is 0 Å². The van der Waals surface area contributed by atoms with Gasteiger partial charge in [-0.05, 0) is 25.2 Å². The number of nitrogens with two attached hydrogens (primary N) is 1. The molecule has 0 aliphatic rings. The fraction of sp³-hybridized carbons (Fsp3) is 0.182. The maximum Gasteiger partial charge on any atom is 0.242 e. The second kappa shape index (κ2) is 4.90. The highest BCUT2D eigenvalue weighted by Crippen LogP contribution is 2.24. The number of nitrogens with one attached hydrogen (secondary N) is 2. The van der Waals surface area contributed by atoms with Crippen molar-refractivity contribution in [1.29, 1.82) is 0 Å². The van der Waals surface area contributed by atoms with Crippen LogP contribution in [0.4, 0.5) is 17.2 Å². The minimum Gasteiger partial charge on any atom is -0.398 e. The average molecular weight is 281 g/mol. The first-order valence-electron chi connectivity index (χ1n) is 5.52. The van der Waals surface area contributed by atoms with Crippen LogP contribution in [0.2, 0.25) is 0 Å². The summed E-state index contributed by atoms with van der Waals surface area (Å²) in [5.74, 6) is 0.658. The van der Waals surface area contributed by atoms with Crippen LogP contribution in [0.25, 0.3) is 0 Å². The van der Waals surface area contributed by atoms with E-state index in [9.17, 15) is 8.42 Å². The van der Waals surface area contributed by atoms with E-state index in [1.807, 2.05) is 7.05 Å². The quantitative estimate of drug-likeness (QED) is 0.714. The van der Waals surface area contributed by atoms with Crippen LogP contribution >= 0.6 is 0 Å². The summed E-state index contributed by atoms with van der Waals surface area (Å²) < 4.78 is 27.2. The smallest absolute Gasteiger partial charge is 0.242 e. The first-order chi connectivity index (χ1) is 8.92. The van der Waals surface area contributed by atoms with E-state index in [4.69, 9.17) is 5.73 Å². The fourth-order valence-corrected chi connectivity index (χ4v) is 2.45. The van der Waals surface area contributed by atoms with Gasteiger partial charge in [-0.2, -0.15) is 5.10 Å². The Morgan fingerprint density at radius 1 is 1.32 bits per heavy atom. The van der Waals surface area contributed by atoms with Gasteiger partial charge in [0.15, 0.2) is 5.82 Å². The first-order valence-corrected chi connectivity index (χ1v) is 7.00. The molecule has 0 aliphatic heterocycles. The zero-order valence-corrected chi connectivity index (χ0v) is 11.4. The van der Waals surface area contributed by atoms with Crippen molar-refractivity contribution in [2.24, 2.45) is 7.05 Å². The molecule has 1 aromatic heterocycles. The van der Waals surface area contributed by atoms with Crippen molar-refractivity contribution < 1.29 is 8.42 Å². The van der Waals surface area contributed by atoms with Crippen LogP contribution in [0.1, 0.15) is 0 Å². The summed E-state index contributed by atoms with van der Waals surface area (Å²) in [6, 6.07) is 6.44. The summed E-state index contributed by atoms with van der Waals surface area (Å²) in [4.78, 5) is 0.0570. The normalized spacial score (nSPS) is 11.5. The second-order valence-electron chi connectivity index (χ2n) is 3.96. The molecule has 0 saturated heterocycles. The Kier molecular flexibility index (Phi) is 3.45. The van der Waals surface area contributed by atoms with Crippen LogP contribution in [-0.2, 0) is 17.1 Å². The Bertz CT molecular complexity index is 693. The molecule has 2 rings (SSSR count).